The van der Waals surface area contributed by atoms with Crippen LogP contribution in [0.25, 0.3) is 0 Å². The van der Waals surface area contributed by atoms with Crippen LogP contribution in [-0.2, 0) is 0 Å². The largest absolute Gasteiger partial charge is 0.214 e. The molecule has 0 aromatic heterocycles. The van der Waals surface area contributed by atoms with Crippen molar-refractivity contribution in [1.82, 2.24) is 0 Å². The fourth-order valence-electron chi connectivity index (χ4n) is 4.07. The van der Waals surface area contributed by atoms with Crippen LogP contribution in [0.2, 0.25) is 0 Å². The molecule has 0 saturated carbocycles. The Bertz CT molecular complexity index is 247. The van der Waals surface area contributed by atoms with Crippen LogP contribution in [-0.4, -0.2) is 43.1 Å². The Hall–Kier alpha value is 2.15. The van der Waals surface area contributed by atoms with Crippen LogP contribution >= 0.6 is 35.2 Å². The van der Waals surface area contributed by atoms with Crippen molar-refractivity contribution in [3.05, 3.63) is 0 Å². The first kappa shape index (κ1) is 19.2. The summed E-state index contributed by atoms with van der Waals surface area (Å²) in [6.45, 7) is 16.8. The molecular weight excluding hydrogens is 323 g/mol. The average molecular weight is 358 g/mol. The molecule has 114 valence electrons. The number of hydrogen-bond acceptors (Lipinski definition) is 0. The molecule has 0 N–H and O–H groups in total. The van der Waals surface area contributed by atoms with Gasteiger partial charge in [-0.1, -0.05) is 20.8 Å². The van der Waals surface area contributed by atoms with Crippen LogP contribution in [0.5, 0.6) is 0 Å². The van der Waals surface area contributed by atoms with Crippen molar-refractivity contribution in [3.63, 3.8) is 0 Å². The van der Waals surface area contributed by atoms with Crippen LogP contribution < -0.4 is 0 Å². The zero-order valence-electron chi connectivity index (χ0n) is 14.2. The van der Waals surface area contributed by atoms with Crippen molar-refractivity contribution >= 4 is 35.2 Å². The standard InChI is InChI=1S/C14H35P5/c1-8-15-16(9-2)19(13-6,14-7)17(10-3)18(15,11-4)12-5/h8-14H2,1-7H3/q+2. The summed E-state index contributed by atoms with van der Waals surface area (Å²) >= 11 is 0. The summed E-state index contributed by atoms with van der Waals surface area (Å²) in [5.74, 6) is 0. The first-order valence-electron chi connectivity index (χ1n) is 8.16. The monoisotopic (exact) mass is 358 g/mol. The van der Waals surface area contributed by atoms with E-state index < -0.39 is 13.3 Å². The molecule has 0 bridgehead atoms. The Morgan fingerprint density at radius 3 is 1.00 bits per heavy atom. The molecule has 2 atom stereocenters. The van der Waals surface area contributed by atoms with Crippen LogP contribution in [0.3, 0.4) is 0 Å². The Labute approximate surface area is 127 Å². The van der Waals surface area contributed by atoms with Gasteiger partial charge in [0.25, 0.3) is 0 Å². The summed E-state index contributed by atoms with van der Waals surface area (Å²) in [5.41, 5.74) is 0. The first-order valence-corrected chi connectivity index (χ1v) is 20.6. The molecule has 19 heavy (non-hydrogen) atoms. The van der Waals surface area contributed by atoms with Gasteiger partial charge < -0.3 is 0 Å². The fourth-order valence-corrected chi connectivity index (χ4v) is 107. The Balaban J connectivity index is 3.40. The van der Waals surface area contributed by atoms with Crippen LogP contribution in [0, 0.1) is 0 Å². The Morgan fingerprint density at radius 1 is 0.526 bits per heavy atom. The lowest BCUT2D eigenvalue weighted by atomic mass is 11.0. The van der Waals surface area contributed by atoms with Crippen LogP contribution in [0.4, 0.5) is 0 Å². The number of hydrogen-bond donors (Lipinski definition) is 0. The minimum absolute atomic E-state index is 0.451. The third-order valence-corrected chi connectivity index (χ3v) is 68.7. The Kier molecular flexibility index (Phi) is 8.21. The van der Waals surface area contributed by atoms with Crippen LogP contribution in [0.15, 0.2) is 0 Å². The highest BCUT2D eigenvalue weighted by atomic mass is 33.0. The highest BCUT2D eigenvalue weighted by Crippen LogP contribution is 3.31. The van der Waals surface area contributed by atoms with Gasteiger partial charge in [-0.15, -0.1) is 0 Å². The second-order valence-electron chi connectivity index (χ2n) is 5.09. The summed E-state index contributed by atoms with van der Waals surface area (Å²) in [4.78, 5) is 0. The minimum Gasteiger partial charge on any atom is -0.0576 e. The van der Waals surface area contributed by atoms with E-state index in [0.717, 1.165) is 0 Å². The molecule has 1 saturated heterocycles. The van der Waals surface area contributed by atoms with Gasteiger partial charge in [0, 0.05) is 18.5 Å². The molecule has 5 heteroatoms. The predicted molar refractivity (Wildman–Crippen MR) is 108 cm³/mol. The molecule has 1 aliphatic rings. The van der Waals surface area contributed by atoms with E-state index in [4.69, 9.17) is 0 Å². The molecule has 0 spiro atoms. The highest BCUT2D eigenvalue weighted by Gasteiger charge is 2.75. The van der Waals surface area contributed by atoms with E-state index >= 15 is 0 Å². The van der Waals surface area contributed by atoms with Gasteiger partial charge in [-0.25, -0.2) is 0 Å². The fraction of sp³-hybridized carbons (Fsp3) is 1.00. The molecule has 0 radical (unpaired) electrons. The topological polar surface area (TPSA) is 0 Å². The summed E-state index contributed by atoms with van der Waals surface area (Å²) in [7, 11) is 1.36. The average Bonchev–Trinajstić information content (AvgIpc) is 2.71. The first-order chi connectivity index (χ1) is 9.08. The van der Waals surface area contributed by atoms with Crippen molar-refractivity contribution in [1.29, 1.82) is 0 Å². The van der Waals surface area contributed by atoms with Crippen molar-refractivity contribution in [3.8, 4) is 0 Å². The van der Waals surface area contributed by atoms with Crippen molar-refractivity contribution in [2.45, 2.75) is 48.5 Å². The summed E-state index contributed by atoms with van der Waals surface area (Å²) < 4.78 is 0. The second kappa shape index (κ2) is 8.13. The molecule has 1 aliphatic heterocycles. The van der Waals surface area contributed by atoms with Gasteiger partial charge in [0.15, 0.2) is 0 Å². The smallest absolute Gasteiger partial charge is 0.0576 e. The van der Waals surface area contributed by atoms with E-state index in [9.17, 15) is 0 Å². The lowest BCUT2D eigenvalue weighted by molar-refractivity contribution is 1.41. The van der Waals surface area contributed by atoms with Gasteiger partial charge in [0.1, 0.15) is 14.6 Å². The molecule has 1 rings (SSSR count). The number of rotatable bonds is 7. The van der Waals surface area contributed by atoms with E-state index in [-0.39, 0.29) is 0 Å². The molecule has 0 amide bonds. The summed E-state index contributed by atoms with van der Waals surface area (Å²) in [6, 6.07) is 0. The summed E-state index contributed by atoms with van der Waals surface area (Å²) in [5, 5.41) is 0. The van der Waals surface area contributed by atoms with Gasteiger partial charge in [0.2, 0.25) is 7.30 Å². The van der Waals surface area contributed by atoms with Crippen molar-refractivity contribution in [2.24, 2.45) is 0 Å². The molecule has 0 nitrogen and oxygen atoms in total. The maximum Gasteiger partial charge on any atom is 0.214 e. The van der Waals surface area contributed by atoms with E-state index in [1.165, 1.54) is 0 Å². The SMILES string of the molecule is CCP1P(CC)[P+](CC)(CC)P(CC)[P+]1(CC)CC. The van der Waals surface area contributed by atoms with E-state index in [1.807, 2.05) is 0 Å². The maximum absolute atomic E-state index is 2.57. The van der Waals surface area contributed by atoms with Gasteiger partial charge in [-0.2, -0.15) is 0 Å². The molecule has 0 aromatic rings. The van der Waals surface area contributed by atoms with Crippen molar-refractivity contribution in [2.75, 3.05) is 43.1 Å². The zero-order chi connectivity index (χ0) is 14.7. The highest BCUT2D eigenvalue weighted by molar-refractivity contribution is 9.15. The lowest BCUT2D eigenvalue weighted by Crippen LogP contribution is -1.97. The van der Waals surface area contributed by atoms with Crippen LogP contribution in [0.1, 0.15) is 48.5 Å². The van der Waals surface area contributed by atoms with Gasteiger partial charge in [-0.05, 0) is 27.7 Å². The summed E-state index contributed by atoms with van der Waals surface area (Å²) in [6.07, 6.45) is 11.1. The molecular formula is C14H35P5+2. The van der Waals surface area contributed by atoms with Gasteiger partial charge in [0.05, 0.1) is 37.9 Å². The lowest BCUT2D eigenvalue weighted by Gasteiger charge is -2.30. The molecule has 0 aliphatic carbocycles. The molecule has 0 aromatic carbocycles. The second-order valence-corrected chi connectivity index (χ2v) is 37.9. The minimum atomic E-state index is -0.548. The molecule has 1 heterocycles. The third kappa shape index (κ3) is 2.86. The quantitative estimate of drug-likeness (QED) is 0.402. The van der Waals surface area contributed by atoms with Gasteiger partial charge >= 0.3 is 0 Å². The predicted octanol–water partition coefficient (Wildman–Crippen LogP) is 8.20. The van der Waals surface area contributed by atoms with Gasteiger partial charge in [-0.3, -0.25) is 0 Å². The van der Waals surface area contributed by atoms with E-state index in [1.54, 1.807) is 43.1 Å². The molecule has 1 fully saturated rings. The maximum atomic E-state index is 2.57. The molecule has 2 unspecified atom stereocenters. The van der Waals surface area contributed by atoms with Crippen molar-refractivity contribution < 1.29 is 0 Å². The third-order valence-electron chi connectivity index (χ3n) is 4.86. The Morgan fingerprint density at radius 2 is 0.842 bits per heavy atom. The van der Waals surface area contributed by atoms with E-state index in [0.29, 0.717) is 21.9 Å². The zero-order valence-corrected chi connectivity index (χ0v) is 18.7. The van der Waals surface area contributed by atoms with E-state index in [2.05, 4.69) is 48.5 Å². The normalized spacial score (nSPS) is 32.7.